The molecule has 0 spiro atoms. The van der Waals surface area contributed by atoms with Gasteiger partial charge in [0, 0.05) is 12.6 Å². The van der Waals surface area contributed by atoms with Crippen LogP contribution in [0.5, 0.6) is 0 Å². The molecular formula is C8H13N3O2. The van der Waals surface area contributed by atoms with Crippen molar-refractivity contribution in [3.63, 3.8) is 0 Å². The van der Waals surface area contributed by atoms with E-state index in [4.69, 9.17) is 0 Å². The predicted octanol–water partition coefficient (Wildman–Crippen LogP) is 0.0139. The lowest BCUT2D eigenvalue weighted by atomic mass is 10.4. The van der Waals surface area contributed by atoms with Crippen molar-refractivity contribution < 1.29 is 9.32 Å². The quantitative estimate of drug-likeness (QED) is 0.631. The monoisotopic (exact) mass is 183 g/mol. The van der Waals surface area contributed by atoms with E-state index in [0.717, 1.165) is 13.0 Å². The van der Waals surface area contributed by atoms with Gasteiger partial charge in [-0.1, -0.05) is 5.16 Å². The Kier molecular flexibility index (Phi) is 3.98. The Morgan fingerprint density at radius 2 is 2.46 bits per heavy atom. The molecule has 2 N–H and O–H groups in total. The number of nitrogens with one attached hydrogen (secondary N) is 2. The maximum atomic E-state index is 11.2. The molecule has 0 unspecified atom stereocenters. The van der Waals surface area contributed by atoms with E-state index in [1.165, 1.54) is 12.3 Å². The Morgan fingerprint density at radius 1 is 1.62 bits per heavy atom. The number of amides is 1. The van der Waals surface area contributed by atoms with Crippen LogP contribution in [0.25, 0.3) is 0 Å². The second kappa shape index (κ2) is 5.31. The first-order valence-electron chi connectivity index (χ1n) is 4.18. The van der Waals surface area contributed by atoms with Crippen molar-refractivity contribution in [1.82, 2.24) is 15.8 Å². The van der Waals surface area contributed by atoms with Crippen LogP contribution in [0.4, 0.5) is 0 Å². The Hall–Kier alpha value is -1.36. The molecule has 0 saturated carbocycles. The molecule has 0 atom stereocenters. The fraction of sp³-hybridized carbons (Fsp3) is 0.500. The highest BCUT2D eigenvalue weighted by atomic mass is 16.5. The Morgan fingerprint density at radius 3 is 3.08 bits per heavy atom. The molecule has 13 heavy (non-hydrogen) atoms. The summed E-state index contributed by atoms with van der Waals surface area (Å²) in [6.07, 6.45) is 2.35. The number of hydrogen-bond acceptors (Lipinski definition) is 4. The minimum atomic E-state index is -0.214. The van der Waals surface area contributed by atoms with E-state index in [9.17, 15) is 4.79 Å². The first kappa shape index (κ1) is 9.73. The normalized spacial score (nSPS) is 9.92. The SMILES string of the molecule is CNCCCNC(=O)c1ccno1. The van der Waals surface area contributed by atoms with Crippen LogP contribution in [0, 0.1) is 0 Å². The van der Waals surface area contributed by atoms with Crippen LogP contribution in [-0.4, -0.2) is 31.2 Å². The van der Waals surface area contributed by atoms with Crippen LogP contribution in [-0.2, 0) is 0 Å². The van der Waals surface area contributed by atoms with E-state index in [-0.39, 0.29) is 11.7 Å². The van der Waals surface area contributed by atoms with Crippen LogP contribution in [0.15, 0.2) is 16.8 Å². The molecule has 0 aliphatic rings. The molecule has 1 aromatic rings. The minimum absolute atomic E-state index is 0.214. The molecule has 0 aromatic carbocycles. The van der Waals surface area contributed by atoms with Gasteiger partial charge >= 0.3 is 0 Å². The second-order valence-corrected chi connectivity index (χ2v) is 2.59. The lowest BCUT2D eigenvalue weighted by molar-refractivity contribution is 0.0916. The van der Waals surface area contributed by atoms with Crippen LogP contribution < -0.4 is 10.6 Å². The van der Waals surface area contributed by atoms with Crippen molar-refractivity contribution in [3.05, 3.63) is 18.0 Å². The topological polar surface area (TPSA) is 67.2 Å². The highest BCUT2D eigenvalue weighted by molar-refractivity contribution is 5.91. The molecule has 5 heteroatoms. The van der Waals surface area contributed by atoms with Gasteiger partial charge in [-0.2, -0.15) is 0 Å². The number of rotatable bonds is 5. The molecule has 0 aliphatic carbocycles. The summed E-state index contributed by atoms with van der Waals surface area (Å²) in [5.74, 6) is 0.0399. The summed E-state index contributed by atoms with van der Waals surface area (Å²) >= 11 is 0. The Balaban J connectivity index is 2.19. The molecule has 1 amide bonds. The summed E-state index contributed by atoms with van der Waals surface area (Å²) in [4.78, 5) is 11.2. The molecular weight excluding hydrogens is 170 g/mol. The van der Waals surface area contributed by atoms with E-state index < -0.39 is 0 Å². The van der Waals surface area contributed by atoms with Crippen LogP contribution in [0.3, 0.4) is 0 Å². The van der Waals surface area contributed by atoms with Crippen molar-refractivity contribution >= 4 is 5.91 Å². The smallest absolute Gasteiger partial charge is 0.289 e. The first-order chi connectivity index (χ1) is 6.34. The molecule has 0 radical (unpaired) electrons. The van der Waals surface area contributed by atoms with Gasteiger partial charge in [0.05, 0.1) is 6.20 Å². The Bertz CT molecular complexity index is 246. The molecule has 0 bridgehead atoms. The van der Waals surface area contributed by atoms with Crippen molar-refractivity contribution in [2.45, 2.75) is 6.42 Å². The summed E-state index contributed by atoms with van der Waals surface area (Å²) in [5, 5.41) is 9.14. The standard InChI is InChI=1S/C8H13N3O2/c1-9-4-2-5-10-8(12)7-3-6-11-13-7/h3,6,9H,2,4-5H2,1H3,(H,10,12). The predicted molar refractivity (Wildman–Crippen MR) is 47.4 cm³/mol. The summed E-state index contributed by atoms with van der Waals surface area (Å²) in [6.45, 7) is 1.52. The van der Waals surface area contributed by atoms with E-state index in [2.05, 4.69) is 20.3 Å². The van der Waals surface area contributed by atoms with Crippen molar-refractivity contribution in [3.8, 4) is 0 Å². The number of carbonyl (C=O) groups is 1. The summed E-state index contributed by atoms with van der Waals surface area (Å²) in [7, 11) is 1.87. The van der Waals surface area contributed by atoms with E-state index >= 15 is 0 Å². The zero-order chi connectivity index (χ0) is 9.52. The second-order valence-electron chi connectivity index (χ2n) is 2.59. The van der Waals surface area contributed by atoms with E-state index in [0.29, 0.717) is 6.54 Å². The zero-order valence-corrected chi connectivity index (χ0v) is 7.54. The summed E-state index contributed by atoms with van der Waals surface area (Å²) in [6, 6.07) is 1.54. The largest absolute Gasteiger partial charge is 0.351 e. The van der Waals surface area contributed by atoms with Gasteiger partial charge in [-0.25, -0.2) is 0 Å². The average molecular weight is 183 g/mol. The molecule has 1 rings (SSSR count). The molecule has 72 valence electrons. The number of carbonyl (C=O) groups excluding carboxylic acids is 1. The molecule has 0 saturated heterocycles. The van der Waals surface area contributed by atoms with Gasteiger partial charge in [-0.05, 0) is 20.0 Å². The summed E-state index contributed by atoms with van der Waals surface area (Å²) < 4.78 is 4.67. The third kappa shape index (κ3) is 3.25. The third-order valence-corrected chi connectivity index (χ3v) is 1.55. The van der Waals surface area contributed by atoms with Crippen LogP contribution in [0.1, 0.15) is 17.0 Å². The van der Waals surface area contributed by atoms with Gasteiger partial charge in [-0.3, -0.25) is 4.79 Å². The molecule has 0 fully saturated rings. The van der Waals surface area contributed by atoms with Crippen molar-refractivity contribution in [2.24, 2.45) is 0 Å². The van der Waals surface area contributed by atoms with Crippen LogP contribution >= 0.6 is 0 Å². The molecule has 0 aliphatic heterocycles. The van der Waals surface area contributed by atoms with Crippen LogP contribution in [0.2, 0.25) is 0 Å². The fourth-order valence-corrected chi connectivity index (χ4v) is 0.887. The van der Waals surface area contributed by atoms with Crippen molar-refractivity contribution in [1.29, 1.82) is 0 Å². The van der Waals surface area contributed by atoms with Gasteiger partial charge in [0.2, 0.25) is 5.76 Å². The molecule has 1 heterocycles. The van der Waals surface area contributed by atoms with Crippen molar-refractivity contribution in [2.75, 3.05) is 20.1 Å². The zero-order valence-electron chi connectivity index (χ0n) is 7.54. The fourth-order valence-electron chi connectivity index (χ4n) is 0.887. The minimum Gasteiger partial charge on any atom is -0.351 e. The molecule has 1 aromatic heterocycles. The maximum absolute atomic E-state index is 11.2. The number of nitrogens with zero attached hydrogens (tertiary/aromatic N) is 1. The average Bonchev–Trinajstić information content (AvgIpc) is 2.65. The lowest BCUT2D eigenvalue weighted by Crippen LogP contribution is -2.26. The van der Waals surface area contributed by atoms with E-state index in [1.807, 2.05) is 7.05 Å². The number of hydrogen-bond donors (Lipinski definition) is 2. The lowest BCUT2D eigenvalue weighted by Gasteiger charge is -2.01. The highest BCUT2D eigenvalue weighted by Crippen LogP contribution is 1.94. The highest BCUT2D eigenvalue weighted by Gasteiger charge is 2.07. The van der Waals surface area contributed by atoms with Gasteiger partial charge in [0.1, 0.15) is 0 Å². The number of aromatic nitrogens is 1. The molecule has 5 nitrogen and oxygen atoms in total. The van der Waals surface area contributed by atoms with Gasteiger partial charge in [0.15, 0.2) is 0 Å². The Labute approximate surface area is 76.5 Å². The van der Waals surface area contributed by atoms with Gasteiger partial charge in [-0.15, -0.1) is 0 Å². The van der Waals surface area contributed by atoms with Gasteiger partial charge in [0.25, 0.3) is 5.91 Å². The first-order valence-corrected chi connectivity index (χ1v) is 4.18. The summed E-state index contributed by atoms with van der Waals surface area (Å²) in [5.41, 5.74) is 0. The van der Waals surface area contributed by atoms with Gasteiger partial charge < -0.3 is 15.2 Å². The van der Waals surface area contributed by atoms with E-state index in [1.54, 1.807) is 0 Å². The third-order valence-electron chi connectivity index (χ3n) is 1.55. The maximum Gasteiger partial charge on any atom is 0.289 e.